The molecule has 1 amide bonds. The van der Waals surface area contributed by atoms with Gasteiger partial charge in [-0.15, -0.1) is 0 Å². The van der Waals surface area contributed by atoms with Crippen LogP contribution in [0.1, 0.15) is 18.1 Å². The van der Waals surface area contributed by atoms with Crippen molar-refractivity contribution in [1.82, 2.24) is 5.32 Å². The van der Waals surface area contributed by atoms with Crippen LogP contribution in [0.25, 0.3) is 0 Å². The molecule has 0 aromatic heterocycles. The Morgan fingerprint density at radius 1 is 1.44 bits per heavy atom. The predicted molar refractivity (Wildman–Crippen MR) is 56.7 cm³/mol. The number of hydrogen-bond acceptors (Lipinski definition) is 1. The number of carbonyl (C=O) groups excluding carboxylic acids is 1. The summed E-state index contributed by atoms with van der Waals surface area (Å²) in [7, 11) is 0. The fraction of sp³-hybridized carbons (Fsp3) is 0.250. The Hall–Kier alpha value is -1.89. The smallest absolute Gasteiger partial charge is 0.217 e. The molecule has 0 bridgehead atoms. The fourth-order valence-corrected chi connectivity index (χ4v) is 1.10. The molecule has 0 aliphatic rings. The van der Waals surface area contributed by atoms with Crippen molar-refractivity contribution >= 4 is 5.91 Å². The second-order valence-corrected chi connectivity index (χ2v) is 3.25. The van der Waals surface area contributed by atoms with Crippen LogP contribution in [0.4, 0.5) is 8.78 Å². The molecule has 1 N–H and O–H groups in total. The molecular formula is C12H11F2NO. The van der Waals surface area contributed by atoms with Crippen molar-refractivity contribution in [3.63, 3.8) is 0 Å². The number of hydrogen-bond donors (Lipinski definition) is 1. The molecule has 1 rings (SSSR count). The van der Waals surface area contributed by atoms with Crippen LogP contribution in [-0.2, 0) is 4.79 Å². The van der Waals surface area contributed by atoms with Crippen molar-refractivity contribution in [2.75, 3.05) is 6.54 Å². The van der Waals surface area contributed by atoms with Gasteiger partial charge in [-0.25, -0.2) is 8.78 Å². The predicted octanol–water partition coefficient (Wildman–Crippen LogP) is 1.76. The van der Waals surface area contributed by atoms with Crippen LogP contribution in [0.5, 0.6) is 0 Å². The highest BCUT2D eigenvalue weighted by atomic mass is 19.2. The summed E-state index contributed by atoms with van der Waals surface area (Å²) in [5.41, 5.74) is 0.597. The Bertz CT molecular complexity index is 472. The summed E-state index contributed by atoms with van der Waals surface area (Å²) in [6.07, 6.45) is 0. The van der Waals surface area contributed by atoms with Gasteiger partial charge in [0.05, 0.1) is 6.54 Å². The summed E-state index contributed by atoms with van der Waals surface area (Å²) in [5.74, 6) is 3.36. The first-order valence-corrected chi connectivity index (χ1v) is 4.70. The maximum atomic E-state index is 13.1. The SMILES string of the molecule is CC(=O)NCC#Cc1ccc(F)c(F)c1C. The molecule has 0 saturated carbocycles. The number of amides is 1. The van der Waals surface area contributed by atoms with E-state index in [0.717, 1.165) is 6.07 Å². The normalized spacial score (nSPS) is 9.25. The summed E-state index contributed by atoms with van der Waals surface area (Å²) in [6.45, 7) is 3.03. The molecule has 2 nitrogen and oxygen atoms in total. The highest BCUT2D eigenvalue weighted by molar-refractivity contribution is 5.73. The first-order chi connectivity index (χ1) is 7.52. The number of carbonyl (C=O) groups is 1. The zero-order chi connectivity index (χ0) is 12.1. The van der Waals surface area contributed by atoms with Crippen molar-refractivity contribution in [2.45, 2.75) is 13.8 Å². The molecule has 0 spiro atoms. The Labute approximate surface area is 92.7 Å². The van der Waals surface area contributed by atoms with Gasteiger partial charge in [0.1, 0.15) is 0 Å². The third-order valence-electron chi connectivity index (χ3n) is 1.99. The molecule has 1 aromatic rings. The monoisotopic (exact) mass is 223 g/mol. The van der Waals surface area contributed by atoms with E-state index in [0.29, 0.717) is 5.56 Å². The molecule has 0 fully saturated rings. The third-order valence-corrected chi connectivity index (χ3v) is 1.99. The van der Waals surface area contributed by atoms with Crippen LogP contribution >= 0.6 is 0 Å². The minimum Gasteiger partial charge on any atom is -0.345 e. The third kappa shape index (κ3) is 3.06. The van der Waals surface area contributed by atoms with Gasteiger partial charge in [0.2, 0.25) is 5.91 Å². The molecule has 0 saturated heterocycles. The highest BCUT2D eigenvalue weighted by Gasteiger charge is 2.07. The lowest BCUT2D eigenvalue weighted by Gasteiger charge is -2.00. The topological polar surface area (TPSA) is 29.1 Å². The van der Waals surface area contributed by atoms with Crippen molar-refractivity contribution in [2.24, 2.45) is 0 Å². The maximum absolute atomic E-state index is 13.1. The van der Waals surface area contributed by atoms with Gasteiger partial charge >= 0.3 is 0 Å². The molecule has 1 aromatic carbocycles. The van der Waals surface area contributed by atoms with E-state index < -0.39 is 11.6 Å². The minimum absolute atomic E-state index is 0.176. The van der Waals surface area contributed by atoms with Crippen LogP contribution in [0.3, 0.4) is 0 Å². The summed E-state index contributed by atoms with van der Waals surface area (Å²) in [4.78, 5) is 10.5. The number of nitrogens with one attached hydrogen (secondary N) is 1. The zero-order valence-corrected chi connectivity index (χ0v) is 9.03. The van der Waals surface area contributed by atoms with E-state index in [-0.39, 0.29) is 18.0 Å². The molecule has 0 heterocycles. The van der Waals surface area contributed by atoms with Crippen molar-refractivity contribution in [1.29, 1.82) is 0 Å². The Morgan fingerprint density at radius 2 is 2.12 bits per heavy atom. The van der Waals surface area contributed by atoms with Crippen LogP contribution in [0, 0.1) is 30.4 Å². The molecule has 16 heavy (non-hydrogen) atoms. The van der Waals surface area contributed by atoms with Crippen molar-refractivity contribution < 1.29 is 13.6 Å². The second-order valence-electron chi connectivity index (χ2n) is 3.25. The van der Waals surface area contributed by atoms with E-state index in [1.165, 1.54) is 19.9 Å². The molecular weight excluding hydrogens is 212 g/mol. The molecule has 0 radical (unpaired) electrons. The van der Waals surface area contributed by atoms with E-state index in [1.807, 2.05) is 0 Å². The summed E-state index contributed by atoms with van der Waals surface area (Å²) < 4.78 is 25.9. The van der Waals surface area contributed by atoms with Gasteiger partial charge in [0, 0.05) is 18.1 Å². The lowest BCUT2D eigenvalue weighted by atomic mass is 10.1. The van der Waals surface area contributed by atoms with E-state index in [9.17, 15) is 13.6 Å². The van der Waals surface area contributed by atoms with Crippen molar-refractivity contribution in [3.8, 4) is 11.8 Å². The van der Waals surface area contributed by atoms with E-state index in [1.54, 1.807) is 0 Å². The number of halogens is 2. The fourth-order valence-electron chi connectivity index (χ4n) is 1.10. The van der Waals surface area contributed by atoms with Gasteiger partial charge < -0.3 is 5.32 Å². The summed E-state index contributed by atoms with van der Waals surface area (Å²) >= 11 is 0. The molecule has 0 unspecified atom stereocenters. The summed E-state index contributed by atoms with van der Waals surface area (Å²) in [6, 6.07) is 2.44. The quantitative estimate of drug-likeness (QED) is 0.722. The molecule has 0 aliphatic heterocycles. The minimum atomic E-state index is -0.884. The Balaban J connectivity index is 2.82. The Morgan fingerprint density at radius 3 is 2.75 bits per heavy atom. The van der Waals surface area contributed by atoms with Crippen LogP contribution < -0.4 is 5.32 Å². The average Bonchev–Trinajstić information content (AvgIpc) is 2.23. The molecule has 84 valence electrons. The van der Waals surface area contributed by atoms with Crippen molar-refractivity contribution in [3.05, 3.63) is 34.9 Å². The largest absolute Gasteiger partial charge is 0.345 e. The van der Waals surface area contributed by atoms with Gasteiger partial charge in [0.25, 0.3) is 0 Å². The second kappa shape index (κ2) is 5.26. The lowest BCUT2D eigenvalue weighted by Crippen LogP contribution is -2.19. The van der Waals surface area contributed by atoms with Crippen LogP contribution in [0.2, 0.25) is 0 Å². The molecule has 4 heteroatoms. The van der Waals surface area contributed by atoms with Gasteiger partial charge in [-0.05, 0) is 19.1 Å². The van der Waals surface area contributed by atoms with E-state index in [2.05, 4.69) is 17.2 Å². The van der Waals surface area contributed by atoms with Crippen LogP contribution in [0.15, 0.2) is 12.1 Å². The number of rotatable bonds is 1. The maximum Gasteiger partial charge on any atom is 0.217 e. The van der Waals surface area contributed by atoms with Gasteiger partial charge in [-0.3, -0.25) is 4.79 Å². The molecule has 0 atom stereocenters. The van der Waals surface area contributed by atoms with Gasteiger partial charge in [-0.1, -0.05) is 11.8 Å². The average molecular weight is 223 g/mol. The first-order valence-electron chi connectivity index (χ1n) is 4.70. The lowest BCUT2D eigenvalue weighted by molar-refractivity contribution is -0.118. The molecule has 0 aliphatic carbocycles. The van der Waals surface area contributed by atoms with Gasteiger partial charge in [0.15, 0.2) is 11.6 Å². The first kappa shape index (κ1) is 12.2. The van der Waals surface area contributed by atoms with Gasteiger partial charge in [-0.2, -0.15) is 0 Å². The number of benzene rings is 1. The van der Waals surface area contributed by atoms with Crippen LogP contribution in [-0.4, -0.2) is 12.5 Å². The standard InChI is InChI=1S/C12H11F2NO/c1-8-10(4-3-7-15-9(2)16)5-6-11(13)12(8)14/h5-6H,7H2,1-2H3,(H,15,16). The van der Waals surface area contributed by atoms with E-state index in [4.69, 9.17) is 0 Å². The summed E-state index contributed by atoms with van der Waals surface area (Å²) in [5, 5.41) is 2.48. The van der Waals surface area contributed by atoms with E-state index >= 15 is 0 Å². The zero-order valence-electron chi connectivity index (χ0n) is 9.03. The highest BCUT2D eigenvalue weighted by Crippen LogP contribution is 2.14. The Kier molecular flexibility index (Phi) is 4.01.